The summed E-state index contributed by atoms with van der Waals surface area (Å²) in [6.45, 7) is 7.89. The number of hydrogen-bond acceptors (Lipinski definition) is 3. The summed E-state index contributed by atoms with van der Waals surface area (Å²) in [6, 6.07) is 7.24. The van der Waals surface area contributed by atoms with Crippen molar-refractivity contribution in [3.05, 3.63) is 41.1 Å². The number of rotatable bonds is 2. The Hall–Kier alpha value is -1.61. The van der Waals surface area contributed by atoms with Crippen LogP contribution in [0, 0.1) is 11.8 Å². The van der Waals surface area contributed by atoms with E-state index in [4.69, 9.17) is 15.0 Å². The van der Waals surface area contributed by atoms with Crippen LogP contribution in [0.1, 0.15) is 38.8 Å². The summed E-state index contributed by atoms with van der Waals surface area (Å²) in [4.78, 5) is 0. The van der Waals surface area contributed by atoms with Gasteiger partial charge in [-0.25, -0.2) is 4.39 Å². The fraction of sp³-hybridized carbons (Fsp3) is 0.412. The highest BCUT2D eigenvalue weighted by Crippen LogP contribution is 2.39. The van der Waals surface area contributed by atoms with Crippen LogP contribution in [0.3, 0.4) is 0 Å². The van der Waals surface area contributed by atoms with E-state index in [9.17, 15) is 4.39 Å². The van der Waals surface area contributed by atoms with Gasteiger partial charge in [-0.15, -0.1) is 0 Å². The number of hydrogen-bond donors (Lipinski definition) is 1. The van der Waals surface area contributed by atoms with Crippen LogP contribution in [-0.2, 0) is 9.31 Å². The van der Waals surface area contributed by atoms with E-state index < -0.39 is 24.0 Å². The Morgan fingerprint density at radius 1 is 1.18 bits per heavy atom. The Balaban J connectivity index is 2.13. The van der Waals surface area contributed by atoms with Crippen LogP contribution in [0.15, 0.2) is 30.0 Å². The minimum Gasteiger partial charge on any atom is -0.398 e. The molecule has 0 saturated carbocycles. The van der Waals surface area contributed by atoms with Crippen LogP contribution < -0.4 is 5.73 Å². The maximum Gasteiger partial charge on any atom is 0.525 e. The summed E-state index contributed by atoms with van der Waals surface area (Å²) >= 11 is 0. The third-order valence-electron chi connectivity index (χ3n) is 4.03. The molecular weight excluding hydrogens is 280 g/mol. The third kappa shape index (κ3) is 3.59. The Kier molecular flexibility index (Phi) is 4.76. The van der Waals surface area contributed by atoms with Crippen molar-refractivity contribution in [1.82, 2.24) is 0 Å². The van der Waals surface area contributed by atoms with Crippen molar-refractivity contribution >= 4 is 13.2 Å². The lowest BCUT2D eigenvalue weighted by atomic mass is 9.87. The molecule has 1 fully saturated rings. The number of nitrogens with two attached hydrogens (primary N) is 1. The van der Waals surface area contributed by atoms with Gasteiger partial charge in [-0.3, -0.25) is 0 Å². The summed E-state index contributed by atoms with van der Waals surface area (Å²) in [5.41, 5.74) is 5.35. The first-order chi connectivity index (χ1) is 10.2. The van der Waals surface area contributed by atoms with Gasteiger partial charge >= 0.3 is 7.12 Å². The van der Waals surface area contributed by atoms with Gasteiger partial charge in [-0.05, 0) is 51.5 Å². The van der Waals surface area contributed by atoms with Gasteiger partial charge in [0.15, 0.2) is 0 Å². The minimum absolute atomic E-state index is 0.318. The van der Waals surface area contributed by atoms with E-state index in [-0.39, 0.29) is 0 Å². The highest BCUT2D eigenvalue weighted by atomic mass is 19.1. The molecule has 0 amide bonds. The van der Waals surface area contributed by atoms with Crippen molar-refractivity contribution in [2.45, 2.75) is 38.9 Å². The lowest BCUT2D eigenvalue weighted by Crippen LogP contribution is -2.41. The zero-order chi connectivity index (χ0) is 16.4. The predicted molar refractivity (Wildman–Crippen MR) is 87.5 cm³/mol. The van der Waals surface area contributed by atoms with Crippen molar-refractivity contribution in [3.63, 3.8) is 0 Å². The number of benzene rings is 1. The lowest BCUT2D eigenvalue weighted by Gasteiger charge is -2.32. The largest absolute Gasteiger partial charge is 0.525 e. The molecule has 0 radical (unpaired) electrons. The molecular formula is C17H21BFNO2. The smallest absolute Gasteiger partial charge is 0.398 e. The van der Waals surface area contributed by atoms with Gasteiger partial charge in [0.2, 0.25) is 0 Å². The summed E-state index contributed by atoms with van der Waals surface area (Å²) in [5.74, 6) is 5.70. The highest BCUT2D eigenvalue weighted by Gasteiger charge is 2.52. The maximum absolute atomic E-state index is 14.4. The maximum atomic E-state index is 14.4. The second-order valence-corrected chi connectivity index (χ2v) is 6.25. The standard InChI is InChI=1S/C17H21BFNO2/c1-16(2)17(3,4)22-18(21-16)15(19)12-14-9-7-13(8-10-14)6-5-11-20/h7-10,12H,11,20H2,1-4H3. The van der Waals surface area contributed by atoms with Crippen molar-refractivity contribution in [3.8, 4) is 11.8 Å². The summed E-state index contributed by atoms with van der Waals surface area (Å²) in [6.07, 6.45) is 1.42. The molecule has 5 heteroatoms. The molecule has 0 spiro atoms. The van der Waals surface area contributed by atoms with Gasteiger partial charge in [0, 0.05) is 5.56 Å². The monoisotopic (exact) mass is 301 g/mol. The molecule has 1 aromatic carbocycles. The van der Waals surface area contributed by atoms with Gasteiger partial charge in [-0.1, -0.05) is 24.0 Å². The molecule has 2 rings (SSSR count). The van der Waals surface area contributed by atoms with E-state index in [0.29, 0.717) is 6.54 Å². The van der Waals surface area contributed by atoms with Crippen LogP contribution in [-0.4, -0.2) is 24.9 Å². The highest BCUT2D eigenvalue weighted by molar-refractivity contribution is 6.54. The molecule has 1 saturated heterocycles. The van der Waals surface area contributed by atoms with Crippen LogP contribution in [0.2, 0.25) is 0 Å². The van der Waals surface area contributed by atoms with Crippen molar-refractivity contribution in [2.75, 3.05) is 6.54 Å². The van der Waals surface area contributed by atoms with Crippen molar-refractivity contribution in [1.29, 1.82) is 0 Å². The first-order valence-corrected chi connectivity index (χ1v) is 7.27. The Labute approximate surface area is 131 Å². The molecule has 3 nitrogen and oxygen atoms in total. The molecule has 0 aromatic heterocycles. The van der Waals surface area contributed by atoms with Gasteiger partial charge in [0.05, 0.1) is 17.7 Å². The molecule has 1 heterocycles. The van der Waals surface area contributed by atoms with E-state index in [1.165, 1.54) is 6.08 Å². The molecule has 1 aliphatic heterocycles. The molecule has 2 N–H and O–H groups in total. The van der Waals surface area contributed by atoms with Gasteiger partial charge in [0.25, 0.3) is 0 Å². The summed E-state index contributed by atoms with van der Waals surface area (Å²) in [5, 5.41) is 0. The van der Waals surface area contributed by atoms with Crippen LogP contribution in [0.4, 0.5) is 4.39 Å². The molecule has 0 unspecified atom stereocenters. The van der Waals surface area contributed by atoms with Crippen LogP contribution >= 0.6 is 0 Å². The summed E-state index contributed by atoms with van der Waals surface area (Å²) < 4.78 is 25.7. The predicted octanol–water partition coefficient (Wildman–Crippen LogP) is 2.94. The number of halogens is 1. The molecule has 0 aliphatic carbocycles. The molecule has 116 valence electrons. The lowest BCUT2D eigenvalue weighted by molar-refractivity contribution is 0.00578. The molecule has 0 atom stereocenters. The van der Waals surface area contributed by atoms with E-state index in [2.05, 4.69) is 11.8 Å². The SMILES string of the molecule is CC1(C)OB(C(F)=Cc2ccc(C#CCN)cc2)OC1(C)C. The minimum atomic E-state index is -0.971. The van der Waals surface area contributed by atoms with Gasteiger partial charge in [-0.2, -0.15) is 0 Å². The topological polar surface area (TPSA) is 44.5 Å². The summed E-state index contributed by atoms with van der Waals surface area (Å²) in [7, 11) is -0.971. The van der Waals surface area contributed by atoms with Crippen LogP contribution in [0.25, 0.3) is 6.08 Å². The second-order valence-electron chi connectivity index (χ2n) is 6.25. The Morgan fingerprint density at radius 2 is 1.73 bits per heavy atom. The quantitative estimate of drug-likeness (QED) is 0.675. The Morgan fingerprint density at radius 3 is 2.23 bits per heavy atom. The average molecular weight is 301 g/mol. The molecule has 1 aliphatic rings. The van der Waals surface area contributed by atoms with E-state index in [1.807, 2.05) is 39.8 Å². The van der Waals surface area contributed by atoms with Crippen molar-refractivity contribution in [2.24, 2.45) is 5.73 Å². The van der Waals surface area contributed by atoms with Gasteiger partial charge < -0.3 is 15.0 Å². The van der Waals surface area contributed by atoms with E-state index >= 15 is 0 Å². The van der Waals surface area contributed by atoms with E-state index in [1.54, 1.807) is 12.1 Å². The molecule has 22 heavy (non-hydrogen) atoms. The average Bonchev–Trinajstić information content (AvgIpc) is 2.67. The zero-order valence-corrected chi connectivity index (χ0v) is 13.4. The first-order valence-electron chi connectivity index (χ1n) is 7.27. The van der Waals surface area contributed by atoms with Crippen molar-refractivity contribution < 1.29 is 13.7 Å². The molecule has 1 aromatic rings. The van der Waals surface area contributed by atoms with Gasteiger partial charge in [0.1, 0.15) is 5.73 Å². The first kappa shape index (κ1) is 16.8. The Bertz CT molecular complexity index is 610. The van der Waals surface area contributed by atoms with Crippen LogP contribution in [0.5, 0.6) is 0 Å². The zero-order valence-electron chi connectivity index (χ0n) is 13.4. The second kappa shape index (κ2) is 6.25. The normalized spacial score (nSPS) is 19.7. The fourth-order valence-electron chi connectivity index (χ4n) is 2.00. The van der Waals surface area contributed by atoms with E-state index in [0.717, 1.165) is 11.1 Å². The fourth-order valence-corrected chi connectivity index (χ4v) is 2.00. The molecule has 0 bridgehead atoms. The third-order valence-corrected chi connectivity index (χ3v) is 4.03.